The van der Waals surface area contributed by atoms with Gasteiger partial charge in [-0.15, -0.1) is 0 Å². The second-order valence-electron chi connectivity index (χ2n) is 4.97. The van der Waals surface area contributed by atoms with Crippen LogP contribution in [-0.4, -0.2) is 11.2 Å². The summed E-state index contributed by atoms with van der Waals surface area (Å²) in [5.41, 5.74) is 2.38. The van der Waals surface area contributed by atoms with E-state index in [1.807, 2.05) is 0 Å². The van der Waals surface area contributed by atoms with E-state index in [1.165, 1.54) is 5.57 Å². The van der Waals surface area contributed by atoms with Gasteiger partial charge >= 0.3 is 0 Å². The Kier molecular flexibility index (Phi) is 2.97. The van der Waals surface area contributed by atoms with Crippen LogP contribution in [0, 0.1) is 5.41 Å². The molecule has 1 saturated carbocycles. The molecule has 1 atom stereocenters. The maximum Gasteiger partial charge on any atom is 0.0787 e. The van der Waals surface area contributed by atoms with E-state index in [0.29, 0.717) is 0 Å². The molecule has 1 aliphatic rings. The predicted octanol–water partition coefficient (Wildman–Crippen LogP) is 3.06. The lowest BCUT2D eigenvalue weighted by molar-refractivity contribution is 0.190. The Morgan fingerprint density at radius 1 is 1.46 bits per heavy atom. The third-order valence-corrected chi connectivity index (χ3v) is 2.35. The van der Waals surface area contributed by atoms with Crippen LogP contribution >= 0.6 is 0 Å². The van der Waals surface area contributed by atoms with Gasteiger partial charge < -0.3 is 5.11 Å². The molecule has 1 aliphatic carbocycles. The molecule has 13 heavy (non-hydrogen) atoms. The maximum atomic E-state index is 9.60. The highest BCUT2D eigenvalue weighted by Gasteiger charge is 2.20. The first-order chi connectivity index (χ1) is 5.90. The van der Waals surface area contributed by atoms with Crippen molar-refractivity contribution in [3.8, 4) is 0 Å². The topological polar surface area (TPSA) is 20.2 Å². The molecule has 0 aliphatic heterocycles. The van der Waals surface area contributed by atoms with Crippen molar-refractivity contribution in [1.29, 1.82) is 0 Å². The average Bonchev–Trinajstić information content (AvgIpc) is 1.96. The van der Waals surface area contributed by atoms with Crippen molar-refractivity contribution in [3.05, 3.63) is 23.8 Å². The van der Waals surface area contributed by atoms with Gasteiger partial charge in [0.15, 0.2) is 0 Å². The normalized spacial score (nSPS) is 28.2. The summed E-state index contributed by atoms with van der Waals surface area (Å²) in [6.45, 7) is 10.5. The Bertz CT molecular complexity index is 230. The van der Waals surface area contributed by atoms with Gasteiger partial charge in [0.05, 0.1) is 6.10 Å². The predicted molar refractivity (Wildman–Crippen MR) is 56.5 cm³/mol. The largest absolute Gasteiger partial charge is 0.388 e. The average molecular weight is 180 g/mol. The highest BCUT2D eigenvalue weighted by molar-refractivity contribution is 5.34. The third kappa shape index (κ3) is 3.00. The van der Waals surface area contributed by atoms with Crippen LogP contribution < -0.4 is 0 Å². The standard InChI is InChI=1S/C12H20O/c1-9-10(8-12(2,3)4)6-5-7-11(9)13/h8,11,13H,1,5-7H2,2-4H3/b10-8+. The minimum absolute atomic E-state index is 0.190. The van der Waals surface area contributed by atoms with Gasteiger partial charge in [-0.1, -0.05) is 33.4 Å². The summed E-state index contributed by atoms with van der Waals surface area (Å²) in [6.07, 6.45) is 4.97. The molecule has 0 heterocycles. The molecular weight excluding hydrogens is 160 g/mol. The minimum Gasteiger partial charge on any atom is -0.388 e. The lowest BCUT2D eigenvalue weighted by Crippen LogP contribution is -2.17. The highest BCUT2D eigenvalue weighted by Crippen LogP contribution is 2.31. The Morgan fingerprint density at radius 2 is 2.08 bits per heavy atom. The van der Waals surface area contributed by atoms with Gasteiger partial charge in [0.25, 0.3) is 0 Å². The van der Waals surface area contributed by atoms with Crippen LogP contribution in [0.25, 0.3) is 0 Å². The lowest BCUT2D eigenvalue weighted by atomic mass is 9.83. The molecule has 1 N–H and O–H groups in total. The zero-order chi connectivity index (χ0) is 10.1. The van der Waals surface area contributed by atoms with Crippen molar-refractivity contribution in [2.24, 2.45) is 5.41 Å². The van der Waals surface area contributed by atoms with E-state index < -0.39 is 0 Å². The molecule has 0 saturated heterocycles. The summed E-state index contributed by atoms with van der Waals surface area (Å²) in [4.78, 5) is 0. The number of allylic oxidation sites excluding steroid dienone is 1. The first kappa shape index (κ1) is 10.5. The summed E-state index contributed by atoms with van der Waals surface area (Å²) < 4.78 is 0. The van der Waals surface area contributed by atoms with Crippen molar-refractivity contribution in [2.45, 2.75) is 46.1 Å². The molecule has 0 radical (unpaired) electrons. The summed E-state index contributed by atoms with van der Waals surface area (Å²) in [5, 5.41) is 9.60. The van der Waals surface area contributed by atoms with Crippen LogP contribution in [0.4, 0.5) is 0 Å². The van der Waals surface area contributed by atoms with Crippen LogP contribution in [0.15, 0.2) is 23.8 Å². The molecule has 1 unspecified atom stereocenters. The van der Waals surface area contributed by atoms with Gasteiger partial charge in [0.1, 0.15) is 0 Å². The summed E-state index contributed by atoms with van der Waals surface area (Å²) in [5.74, 6) is 0. The van der Waals surface area contributed by atoms with Crippen LogP contribution in [0.5, 0.6) is 0 Å². The Labute approximate surface area is 81.2 Å². The first-order valence-electron chi connectivity index (χ1n) is 4.99. The Morgan fingerprint density at radius 3 is 2.62 bits per heavy atom. The molecule has 1 fully saturated rings. The smallest absolute Gasteiger partial charge is 0.0787 e. The monoisotopic (exact) mass is 180 g/mol. The van der Waals surface area contributed by atoms with E-state index in [1.54, 1.807) is 0 Å². The molecule has 0 aromatic carbocycles. The van der Waals surface area contributed by atoms with Crippen molar-refractivity contribution in [1.82, 2.24) is 0 Å². The second-order valence-corrected chi connectivity index (χ2v) is 4.97. The molecule has 0 amide bonds. The molecule has 0 bridgehead atoms. The molecule has 1 rings (SSSR count). The molecule has 1 heteroatoms. The fourth-order valence-electron chi connectivity index (χ4n) is 1.72. The molecular formula is C12H20O. The van der Waals surface area contributed by atoms with E-state index in [2.05, 4.69) is 33.4 Å². The maximum absolute atomic E-state index is 9.60. The van der Waals surface area contributed by atoms with Gasteiger partial charge in [-0.05, 0) is 35.8 Å². The van der Waals surface area contributed by atoms with Gasteiger partial charge in [-0.3, -0.25) is 0 Å². The Hall–Kier alpha value is -0.560. The van der Waals surface area contributed by atoms with Crippen LogP contribution in [-0.2, 0) is 0 Å². The van der Waals surface area contributed by atoms with E-state index in [0.717, 1.165) is 24.8 Å². The van der Waals surface area contributed by atoms with Crippen LogP contribution in [0.3, 0.4) is 0 Å². The molecule has 0 spiro atoms. The second kappa shape index (κ2) is 3.67. The highest BCUT2D eigenvalue weighted by atomic mass is 16.3. The van der Waals surface area contributed by atoms with Crippen molar-refractivity contribution >= 4 is 0 Å². The number of aliphatic hydroxyl groups is 1. The fraction of sp³-hybridized carbons (Fsp3) is 0.667. The summed E-state index contributed by atoms with van der Waals surface area (Å²) >= 11 is 0. The Balaban J connectivity index is 2.80. The van der Waals surface area contributed by atoms with Crippen molar-refractivity contribution in [2.75, 3.05) is 0 Å². The number of hydrogen-bond donors (Lipinski definition) is 1. The van der Waals surface area contributed by atoms with Crippen LogP contribution in [0.1, 0.15) is 40.0 Å². The van der Waals surface area contributed by atoms with Gasteiger partial charge in [-0.25, -0.2) is 0 Å². The zero-order valence-corrected chi connectivity index (χ0v) is 8.93. The van der Waals surface area contributed by atoms with Crippen LogP contribution in [0.2, 0.25) is 0 Å². The van der Waals surface area contributed by atoms with Crippen molar-refractivity contribution < 1.29 is 5.11 Å². The van der Waals surface area contributed by atoms with Gasteiger partial charge in [0.2, 0.25) is 0 Å². The summed E-state index contributed by atoms with van der Waals surface area (Å²) in [7, 11) is 0. The van der Waals surface area contributed by atoms with E-state index in [4.69, 9.17) is 0 Å². The number of rotatable bonds is 0. The van der Waals surface area contributed by atoms with Gasteiger partial charge in [0, 0.05) is 0 Å². The summed E-state index contributed by atoms with van der Waals surface area (Å²) in [6, 6.07) is 0. The SMILES string of the molecule is C=C1/C(=C/C(C)(C)C)CCCC1O. The van der Waals surface area contributed by atoms with E-state index >= 15 is 0 Å². The van der Waals surface area contributed by atoms with E-state index in [9.17, 15) is 5.11 Å². The molecule has 1 nitrogen and oxygen atoms in total. The number of aliphatic hydroxyl groups excluding tert-OH is 1. The molecule has 0 aromatic rings. The lowest BCUT2D eigenvalue weighted by Gasteiger charge is -2.25. The zero-order valence-electron chi connectivity index (χ0n) is 8.93. The first-order valence-corrected chi connectivity index (χ1v) is 4.99. The fourth-order valence-corrected chi connectivity index (χ4v) is 1.72. The van der Waals surface area contributed by atoms with E-state index in [-0.39, 0.29) is 11.5 Å². The molecule has 0 aromatic heterocycles. The molecule has 74 valence electrons. The van der Waals surface area contributed by atoms with Crippen molar-refractivity contribution in [3.63, 3.8) is 0 Å². The minimum atomic E-state index is -0.303. The van der Waals surface area contributed by atoms with Gasteiger partial charge in [-0.2, -0.15) is 0 Å². The quantitative estimate of drug-likeness (QED) is 0.607. The third-order valence-electron chi connectivity index (χ3n) is 2.35. The number of hydrogen-bond acceptors (Lipinski definition) is 1.